The molecule has 218 valence electrons. The van der Waals surface area contributed by atoms with Crippen LogP contribution in [0, 0.1) is 12.8 Å². The van der Waals surface area contributed by atoms with Gasteiger partial charge in [-0.3, -0.25) is 14.5 Å². The third-order valence-corrected chi connectivity index (χ3v) is 8.18. The molecule has 1 saturated heterocycles. The Labute approximate surface area is 241 Å². The SMILES string of the molecule is Cc1cccc(C2CN(C(C)(C)C)CC2C(=O)NCCN[C@@H](Cc2ccc3c(c2)CCC3)C(=O)OC(C)(C)C)c1. The number of hydrogen-bond acceptors (Lipinski definition) is 5. The monoisotopic (exact) mass is 547 g/mol. The zero-order chi connectivity index (χ0) is 29.1. The molecule has 2 aliphatic rings. The molecule has 0 bridgehead atoms. The highest BCUT2D eigenvalue weighted by molar-refractivity contribution is 5.80. The standard InChI is InChI=1S/C34H49N3O3/c1-23-10-8-13-27(18-23)28-21-37(33(2,3)4)22-29(28)31(38)36-17-16-35-30(32(39)40-34(5,6)7)20-24-14-15-25-11-9-12-26(25)19-24/h8,10,13-15,18-19,28-30,35H,9,11-12,16-17,20-22H2,1-7H3,(H,36,38)/t28?,29?,30-/m0/s1. The Morgan fingerprint density at radius 3 is 2.42 bits per heavy atom. The van der Waals surface area contributed by atoms with E-state index >= 15 is 0 Å². The maximum atomic E-state index is 13.5. The van der Waals surface area contributed by atoms with Gasteiger partial charge in [0, 0.05) is 37.6 Å². The van der Waals surface area contributed by atoms with Crippen LogP contribution in [0.5, 0.6) is 0 Å². The molecule has 0 radical (unpaired) electrons. The Bertz CT molecular complexity index is 1190. The van der Waals surface area contributed by atoms with Gasteiger partial charge in [-0.05, 0) is 96.4 Å². The number of carbonyl (C=O) groups is 2. The summed E-state index contributed by atoms with van der Waals surface area (Å²) < 4.78 is 5.75. The number of esters is 1. The van der Waals surface area contributed by atoms with E-state index in [1.807, 2.05) is 20.8 Å². The van der Waals surface area contributed by atoms with Crippen molar-refractivity contribution in [2.75, 3.05) is 26.2 Å². The van der Waals surface area contributed by atoms with Crippen LogP contribution < -0.4 is 10.6 Å². The van der Waals surface area contributed by atoms with E-state index in [2.05, 4.69) is 85.7 Å². The average Bonchev–Trinajstić information content (AvgIpc) is 3.52. The van der Waals surface area contributed by atoms with Crippen LogP contribution in [0.3, 0.4) is 0 Å². The highest BCUT2D eigenvalue weighted by Crippen LogP contribution is 2.36. The summed E-state index contributed by atoms with van der Waals surface area (Å²) in [5.74, 6) is -0.140. The van der Waals surface area contributed by atoms with E-state index in [1.54, 1.807) is 0 Å². The zero-order valence-electron chi connectivity index (χ0n) is 25.6. The van der Waals surface area contributed by atoms with Crippen molar-refractivity contribution in [1.82, 2.24) is 15.5 Å². The molecule has 1 amide bonds. The highest BCUT2D eigenvalue weighted by atomic mass is 16.6. The maximum absolute atomic E-state index is 13.5. The third kappa shape index (κ3) is 7.94. The molecule has 0 spiro atoms. The summed E-state index contributed by atoms with van der Waals surface area (Å²) in [6.45, 7) is 17.0. The molecular formula is C34H49N3O3. The summed E-state index contributed by atoms with van der Waals surface area (Å²) in [5.41, 5.74) is 5.84. The molecule has 6 heteroatoms. The Morgan fingerprint density at radius 2 is 1.73 bits per heavy atom. The molecule has 2 aromatic carbocycles. The quantitative estimate of drug-likeness (QED) is 0.343. The number of ether oxygens (including phenoxy) is 1. The van der Waals surface area contributed by atoms with Crippen molar-refractivity contribution in [3.8, 4) is 0 Å². The van der Waals surface area contributed by atoms with Crippen LogP contribution in [-0.2, 0) is 33.6 Å². The van der Waals surface area contributed by atoms with Gasteiger partial charge in [0.05, 0.1) is 5.92 Å². The van der Waals surface area contributed by atoms with Gasteiger partial charge in [0.2, 0.25) is 5.91 Å². The lowest BCUT2D eigenvalue weighted by Crippen LogP contribution is -2.46. The van der Waals surface area contributed by atoms with Gasteiger partial charge in [-0.2, -0.15) is 0 Å². The van der Waals surface area contributed by atoms with Crippen molar-refractivity contribution in [2.24, 2.45) is 5.92 Å². The number of amides is 1. The van der Waals surface area contributed by atoms with Gasteiger partial charge in [-0.25, -0.2) is 0 Å². The summed E-state index contributed by atoms with van der Waals surface area (Å²) in [4.78, 5) is 29.0. The number of aryl methyl sites for hydroxylation is 3. The van der Waals surface area contributed by atoms with E-state index in [-0.39, 0.29) is 29.3 Å². The normalized spacial score (nSPS) is 20.3. The molecule has 6 nitrogen and oxygen atoms in total. The van der Waals surface area contributed by atoms with Crippen LogP contribution in [0.15, 0.2) is 42.5 Å². The first kappa shape index (κ1) is 30.3. The van der Waals surface area contributed by atoms with Gasteiger partial charge < -0.3 is 15.4 Å². The van der Waals surface area contributed by atoms with E-state index < -0.39 is 11.6 Å². The molecule has 0 aromatic heterocycles. The molecule has 2 N–H and O–H groups in total. The van der Waals surface area contributed by atoms with Gasteiger partial charge in [-0.1, -0.05) is 48.0 Å². The van der Waals surface area contributed by atoms with Gasteiger partial charge in [-0.15, -0.1) is 0 Å². The van der Waals surface area contributed by atoms with E-state index in [9.17, 15) is 9.59 Å². The topological polar surface area (TPSA) is 70.7 Å². The molecule has 0 saturated carbocycles. The lowest BCUT2D eigenvalue weighted by Gasteiger charge is -2.31. The number of nitrogens with zero attached hydrogens (tertiary/aromatic N) is 1. The van der Waals surface area contributed by atoms with Crippen molar-refractivity contribution in [3.63, 3.8) is 0 Å². The largest absolute Gasteiger partial charge is 0.459 e. The van der Waals surface area contributed by atoms with Crippen molar-refractivity contribution >= 4 is 11.9 Å². The predicted octanol–water partition coefficient (Wildman–Crippen LogP) is 4.96. The first-order chi connectivity index (χ1) is 18.8. The van der Waals surface area contributed by atoms with Gasteiger partial charge >= 0.3 is 5.97 Å². The number of hydrogen-bond donors (Lipinski definition) is 2. The second-order valence-electron chi connectivity index (χ2n) is 13.7. The minimum Gasteiger partial charge on any atom is -0.459 e. The average molecular weight is 548 g/mol. The summed E-state index contributed by atoms with van der Waals surface area (Å²) in [6, 6.07) is 14.7. The minimum absolute atomic E-state index is 0.00312. The van der Waals surface area contributed by atoms with Crippen molar-refractivity contribution in [1.29, 1.82) is 0 Å². The minimum atomic E-state index is -0.560. The summed E-state index contributed by atoms with van der Waals surface area (Å²) in [5, 5.41) is 6.56. The van der Waals surface area contributed by atoms with Crippen LogP contribution in [0.25, 0.3) is 0 Å². The fraction of sp³-hybridized carbons (Fsp3) is 0.588. The van der Waals surface area contributed by atoms with Gasteiger partial charge in [0.15, 0.2) is 0 Å². The van der Waals surface area contributed by atoms with Crippen LogP contribution >= 0.6 is 0 Å². The molecule has 1 heterocycles. The maximum Gasteiger partial charge on any atom is 0.323 e. The summed E-state index contributed by atoms with van der Waals surface area (Å²) >= 11 is 0. The number of rotatable bonds is 9. The first-order valence-corrected chi connectivity index (χ1v) is 15.0. The molecule has 1 aliphatic heterocycles. The highest BCUT2D eigenvalue weighted by Gasteiger charge is 2.42. The summed E-state index contributed by atoms with van der Waals surface area (Å²) in [6.07, 6.45) is 4.01. The number of fused-ring (bicyclic) bond motifs is 1. The van der Waals surface area contributed by atoms with Crippen molar-refractivity contribution in [2.45, 2.75) is 97.2 Å². The van der Waals surface area contributed by atoms with Crippen LogP contribution in [0.4, 0.5) is 0 Å². The number of benzene rings is 2. The lowest BCUT2D eigenvalue weighted by atomic mass is 9.87. The van der Waals surface area contributed by atoms with E-state index in [0.29, 0.717) is 19.5 Å². The molecule has 2 unspecified atom stereocenters. The molecule has 2 aromatic rings. The molecule has 1 fully saturated rings. The number of carbonyl (C=O) groups excluding carboxylic acids is 2. The zero-order valence-corrected chi connectivity index (χ0v) is 25.6. The Kier molecular flexibility index (Phi) is 9.41. The fourth-order valence-electron chi connectivity index (χ4n) is 6.02. The second kappa shape index (κ2) is 12.4. The molecule has 40 heavy (non-hydrogen) atoms. The Morgan fingerprint density at radius 1 is 0.975 bits per heavy atom. The Balaban J connectivity index is 1.38. The number of likely N-dealkylation sites (tertiary alicyclic amines) is 1. The van der Waals surface area contributed by atoms with Crippen molar-refractivity contribution in [3.05, 3.63) is 70.3 Å². The summed E-state index contributed by atoms with van der Waals surface area (Å²) in [7, 11) is 0. The number of nitrogens with one attached hydrogen (secondary N) is 2. The smallest absolute Gasteiger partial charge is 0.323 e. The van der Waals surface area contributed by atoms with E-state index in [4.69, 9.17) is 4.74 Å². The van der Waals surface area contributed by atoms with E-state index in [0.717, 1.165) is 31.5 Å². The molecule has 1 aliphatic carbocycles. The van der Waals surface area contributed by atoms with Crippen molar-refractivity contribution < 1.29 is 14.3 Å². The third-order valence-electron chi connectivity index (χ3n) is 8.18. The second-order valence-corrected chi connectivity index (χ2v) is 13.7. The van der Waals surface area contributed by atoms with Crippen LogP contribution in [0.2, 0.25) is 0 Å². The lowest BCUT2D eigenvalue weighted by molar-refractivity contribution is -0.157. The van der Waals surface area contributed by atoms with Crippen LogP contribution in [0.1, 0.15) is 81.7 Å². The fourth-order valence-corrected chi connectivity index (χ4v) is 6.02. The first-order valence-electron chi connectivity index (χ1n) is 15.0. The van der Waals surface area contributed by atoms with Gasteiger partial charge in [0.1, 0.15) is 11.6 Å². The molecular weight excluding hydrogens is 498 g/mol. The van der Waals surface area contributed by atoms with Gasteiger partial charge in [0.25, 0.3) is 0 Å². The predicted molar refractivity (Wildman–Crippen MR) is 162 cm³/mol. The molecule has 3 atom stereocenters. The Hall–Kier alpha value is -2.70. The molecule has 4 rings (SSSR count). The van der Waals surface area contributed by atoms with E-state index in [1.165, 1.54) is 28.7 Å². The van der Waals surface area contributed by atoms with Crippen LogP contribution in [-0.4, -0.2) is 60.1 Å².